The maximum Gasteiger partial charge on any atom is 0.238 e. The summed E-state index contributed by atoms with van der Waals surface area (Å²) in [5, 5.41) is 6.06. The molecule has 0 atom stereocenters. The van der Waals surface area contributed by atoms with E-state index in [0.29, 0.717) is 18.5 Å². The molecular weight excluding hydrogens is 252 g/mol. The van der Waals surface area contributed by atoms with Gasteiger partial charge in [0.2, 0.25) is 5.91 Å². The van der Waals surface area contributed by atoms with Crippen molar-refractivity contribution >= 4 is 11.6 Å². The Morgan fingerprint density at radius 1 is 1.25 bits per heavy atom. The Balaban J connectivity index is 2.90. The van der Waals surface area contributed by atoms with Crippen molar-refractivity contribution in [2.45, 2.75) is 46.6 Å². The summed E-state index contributed by atoms with van der Waals surface area (Å²) < 4.78 is 5.40. The van der Waals surface area contributed by atoms with Gasteiger partial charge in [-0.2, -0.15) is 0 Å². The number of carbonyl (C=O) groups excluding carboxylic acids is 1. The van der Waals surface area contributed by atoms with Crippen molar-refractivity contribution in [3.63, 3.8) is 0 Å². The van der Waals surface area contributed by atoms with Crippen molar-refractivity contribution in [1.29, 1.82) is 0 Å². The second kappa shape index (κ2) is 7.29. The summed E-state index contributed by atoms with van der Waals surface area (Å²) in [6, 6.07) is 4.27. The Morgan fingerprint density at radius 3 is 2.40 bits per heavy atom. The SMILES string of the molecule is COc1cc(C)c(NC(=O)CNC(C)C)cc1C(C)C. The molecule has 1 aromatic rings. The topological polar surface area (TPSA) is 50.4 Å². The van der Waals surface area contributed by atoms with E-state index < -0.39 is 0 Å². The monoisotopic (exact) mass is 278 g/mol. The Bertz CT molecular complexity index is 468. The van der Waals surface area contributed by atoms with Gasteiger partial charge in [-0.15, -0.1) is 0 Å². The van der Waals surface area contributed by atoms with Crippen LogP contribution < -0.4 is 15.4 Å². The second-order valence-electron chi connectivity index (χ2n) is 5.65. The van der Waals surface area contributed by atoms with Crippen LogP contribution in [0, 0.1) is 6.92 Å². The van der Waals surface area contributed by atoms with Gasteiger partial charge in [-0.3, -0.25) is 4.79 Å². The highest BCUT2D eigenvalue weighted by Crippen LogP contribution is 2.31. The summed E-state index contributed by atoms with van der Waals surface area (Å²) in [4.78, 5) is 11.9. The molecule has 4 nitrogen and oxygen atoms in total. The van der Waals surface area contributed by atoms with Crippen LogP contribution in [-0.4, -0.2) is 25.6 Å². The number of hydrogen-bond donors (Lipinski definition) is 2. The molecule has 0 bridgehead atoms. The molecule has 0 fully saturated rings. The van der Waals surface area contributed by atoms with Crippen molar-refractivity contribution in [2.24, 2.45) is 0 Å². The van der Waals surface area contributed by atoms with Crippen LogP contribution >= 0.6 is 0 Å². The van der Waals surface area contributed by atoms with E-state index in [9.17, 15) is 4.79 Å². The molecule has 0 aliphatic rings. The lowest BCUT2D eigenvalue weighted by Crippen LogP contribution is -2.32. The zero-order valence-electron chi connectivity index (χ0n) is 13.3. The molecule has 1 aromatic carbocycles. The number of aryl methyl sites for hydroxylation is 1. The summed E-state index contributed by atoms with van der Waals surface area (Å²) in [5.74, 6) is 1.19. The predicted octanol–water partition coefficient (Wildman–Crippen LogP) is 3.06. The minimum atomic E-state index is -0.0262. The Hall–Kier alpha value is -1.55. The summed E-state index contributed by atoms with van der Waals surface area (Å²) >= 11 is 0. The number of anilines is 1. The number of amides is 1. The van der Waals surface area contributed by atoms with Crippen LogP contribution in [0.25, 0.3) is 0 Å². The van der Waals surface area contributed by atoms with Crippen molar-refractivity contribution in [2.75, 3.05) is 19.0 Å². The number of ether oxygens (including phenoxy) is 1. The third-order valence-corrected chi connectivity index (χ3v) is 3.14. The van der Waals surface area contributed by atoms with E-state index in [2.05, 4.69) is 24.5 Å². The lowest BCUT2D eigenvalue weighted by molar-refractivity contribution is -0.115. The maximum atomic E-state index is 11.9. The first-order chi connectivity index (χ1) is 9.35. The third-order valence-electron chi connectivity index (χ3n) is 3.14. The van der Waals surface area contributed by atoms with Gasteiger partial charge in [0.25, 0.3) is 0 Å². The number of nitrogens with one attached hydrogen (secondary N) is 2. The van der Waals surface area contributed by atoms with Crippen LogP contribution in [0.15, 0.2) is 12.1 Å². The van der Waals surface area contributed by atoms with E-state index in [0.717, 1.165) is 22.6 Å². The number of benzene rings is 1. The van der Waals surface area contributed by atoms with Gasteiger partial charge in [0.15, 0.2) is 0 Å². The van der Waals surface area contributed by atoms with E-state index >= 15 is 0 Å². The molecule has 0 heterocycles. The van der Waals surface area contributed by atoms with E-state index in [4.69, 9.17) is 4.74 Å². The lowest BCUT2D eigenvalue weighted by Gasteiger charge is -2.17. The minimum Gasteiger partial charge on any atom is -0.496 e. The summed E-state index contributed by atoms with van der Waals surface area (Å²) in [6.07, 6.45) is 0. The fourth-order valence-electron chi connectivity index (χ4n) is 1.95. The van der Waals surface area contributed by atoms with Gasteiger partial charge in [-0.1, -0.05) is 27.7 Å². The molecular formula is C16H26N2O2. The van der Waals surface area contributed by atoms with Gasteiger partial charge in [-0.25, -0.2) is 0 Å². The normalized spacial score (nSPS) is 11.0. The van der Waals surface area contributed by atoms with Crippen LogP contribution in [0.3, 0.4) is 0 Å². The number of hydrogen-bond acceptors (Lipinski definition) is 3. The molecule has 0 aromatic heterocycles. The molecule has 0 saturated carbocycles. The maximum absolute atomic E-state index is 11.9. The van der Waals surface area contributed by atoms with Gasteiger partial charge in [-0.05, 0) is 36.1 Å². The molecule has 0 radical (unpaired) electrons. The molecule has 20 heavy (non-hydrogen) atoms. The van der Waals surface area contributed by atoms with E-state index in [1.54, 1.807) is 7.11 Å². The van der Waals surface area contributed by atoms with Crippen LogP contribution in [0.5, 0.6) is 5.75 Å². The van der Waals surface area contributed by atoms with E-state index in [-0.39, 0.29) is 5.91 Å². The zero-order chi connectivity index (χ0) is 15.3. The third kappa shape index (κ3) is 4.53. The molecule has 0 spiro atoms. The molecule has 1 amide bonds. The van der Waals surface area contributed by atoms with Crippen LogP contribution in [0.1, 0.15) is 44.7 Å². The van der Waals surface area contributed by atoms with Crippen molar-refractivity contribution in [3.8, 4) is 5.75 Å². The van der Waals surface area contributed by atoms with Crippen LogP contribution in [0.4, 0.5) is 5.69 Å². The van der Waals surface area contributed by atoms with Gasteiger partial charge in [0, 0.05) is 11.7 Å². The first-order valence-electron chi connectivity index (χ1n) is 7.07. The molecule has 0 unspecified atom stereocenters. The molecule has 1 rings (SSSR count). The van der Waals surface area contributed by atoms with Gasteiger partial charge in [0.05, 0.1) is 13.7 Å². The Kier molecular flexibility index (Phi) is 6.02. The van der Waals surface area contributed by atoms with Crippen LogP contribution in [-0.2, 0) is 4.79 Å². The highest BCUT2D eigenvalue weighted by Gasteiger charge is 2.13. The zero-order valence-corrected chi connectivity index (χ0v) is 13.3. The van der Waals surface area contributed by atoms with Crippen molar-refractivity contribution in [1.82, 2.24) is 5.32 Å². The number of carbonyl (C=O) groups is 1. The number of rotatable bonds is 6. The fraction of sp³-hybridized carbons (Fsp3) is 0.562. The summed E-state index contributed by atoms with van der Waals surface area (Å²) in [6.45, 7) is 10.5. The lowest BCUT2D eigenvalue weighted by atomic mass is 9.99. The summed E-state index contributed by atoms with van der Waals surface area (Å²) in [5.41, 5.74) is 2.96. The molecule has 0 saturated heterocycles. The van der Waals surface area contributed by atoms with Crippen molar-refractivity contribution in [3.05, 3.63) is 23.3 Å². The smallest absolute Gasteiger partial charge is 0.238 e. The van der Waals surface area contributed by atoms with E-state index in [1.165, 1.54) is 0 Å². The number of methoxy groups -OCH3 is 1. The highest BCUT2D eigenvalue weighted by molar-refractivity contribution is 5.93. The largest absolute Gasteiger partial charge is 0.496 e. The first-order valence-corrected chi connectivity index (χ1v) is 7.07. The first kappa shape index (κ1) is 16.5. The Labute approximate surface area is 121 Å². The van der Waals surface area contributed by atoms with Gasteiger partial charge >= 0.3 is 0 Å². The minimum absolute atomic E-state index is 0.0262. The summed E-state index contributed by atoms with van der Waals surface area (Å²) in [7, 11) is 1.67. The average molecular weight is 278 g/mol. The average Bonchev–Trinajstić information content (AvgIpc) is 2.37. The predicted molar refractivity (Wildman–Crippen MR) is 83.6 cm³/mol. The Morgan fingerprint density at radius 2 is 1.90 bits per heavy atom. The fourth-order valence-corrected chi connectivity index (χ4v) is 1.95. The molecule has 0 aliphatic heterocycles. The van der Waals surface area contributed by atoms with Crippen LogP contribution in [0.2, 0.25) is 0 Å². The quantitative estimate of drug-likeness (QED) is 0.841. The van der Waals surface area contributed by atoms with Gasteiger partial charge in [0.1, 0.15) is 5.75 Å². The highest BCUT2D eigenvalue weighted by atomic mass is 16.5. The van der Waals surface area contributed by atoms with E-state index in [1.807, 2.05) is 32.9 Å². The second-order valence-corrected chi connectivity index (χ2v) is 5.65. The molecule has 2 N–H and O–H groups in total. The molecule has 0 aliphatic carbocycles. The molecule has 112 valence electrons. The van der Waals surface area contributed by atoms with Crippen molar-refractivity contribution < 1.29 is 9.53 Å². The standard InChI is InChI=1S/C16H26N2O2/c1-10(2)13-8-14(12(5)7-15(13)20-6)18-16(19)9-17-11(3)4/h7-8,10-11,17H,9H2,1-6H3,(H,18,19). The molecule has 4 heteroatoms. The van der Waals surface area contributed by atoms with Gasteiger partial charge < -0.3 is 15.4 Å².